The Morgan fingerprint density at radius 2 is 2.00 bits per heavy atom. The van der Waals surface area contributed by atoms with Gasteiger partial charge in [-0.05, 0) is 50.9 Å². The first-order chi connectivity index (χ1) is 12.2. The van der Waals surface area contributed by atoms with Crippen molar-refractivity contribution in [3.8, 4) is 0 Å². The third-order valence-electron chi connectivity index (χ3n) is 5.97. The van der Waals surface area contributed by atoms with Crippen LogP contribution in [0.3, 0.4) is 0 Å². The number of aromatic nitrogens is 1. The summed E-state index contributed by atoms with van der Waals surface area (Å²) in [5, 5.41) is 5.62. The van der Waals surface area contributed by atoms with Gasteiger partial charge in [-0.25, -0.2) is 0 Å². The monoisotopic (exact) mass is 351 g/mol. The van der Waals surface area contributed by atoms with Crippen LogP contribution in [-0.4, -0.2) is 41.0 Å². The SMILES string of the molecule is C[C@H]1[C@H](NC(=O)c2cc3sc4ccccc4c3cn2)C2CCN1CC2. The highest BCUT2D eigenvalue weighted by molar-refractivity contribution is 7.25. The molecule has 6 rings (SSSR count). The molecule has 25 heavy (non-hydrogen) atoms. The molecule has 3 fully saturated rings. The van der Waals surface area contributed by atoms with Crippen molar-refractivity contribution in [1.82, 2.24) is 15.2 Å². The van der Waals surface area contributed by atoms with Crippen molar-refractivity contribution in [2.75, 3.05) is 13.1 Å². The number of pyridine rings is 1. The highest BCUT2D eigenvalue weighted by atomic mass is 32.1. The molecule has 0 spiro atoms. The van der Waals surface area contributed by atoms with Crippen LogP contribution in [0.5, 0.6) is 0 Å². The largest absolute Gasteiger partial charge is 0.346 e. The van der Waals surface area contributed by atoms with Crippen LogP contribution in [0, 0.1) is 5.92 Å². The van der Waals surface area contributed by atoms with E-state index in [4.69, 9.17) is 0 Å². The summed E-state index contributed by atoms with van der Waals surface area (Å²) in [6.07, 6.45) is 4.24. The smallest absolute Gasteiger partial charge is 0.270 e. The number of carbonyl (C=O) groups excluding carboxylic acids is 1. The minimum absolute atomic E-state index is 0.0371. The third-order valence-corrected chi connectivity index (χ3v) is 7.10. The molecule has 1 amide bonds. The molecule has 1 N–H and O–H groups in total. The molecule has 0 saturated carbocycles. The van der Waals surface area contributed by atoms with Gasteiger partial charge in [-0.2, -0.15) is 0 Å². The van der Waals surface area contributed by atoms with Crippen molar-refractivity contribution < 1.29 is 4.79 Å². The van der Waals surface area contributed by atoms with Gasteiger partial charge in [-0.1, -0.05) is 18.2 Å². The average molecular weight is 351 g/mol. The predicted molar refractivity (Wildman–Crippen MR) is 102 cm³/mol. The van der Waals surface area contributed by atoms with Gasteiger partial charge < -0.3 is 5.32 Å². The van der Waals surface area contributed by atoms with Crippen molar-refractivity contribution in [3.63, 3.8) is 0 Å². The maximum atomic E-state index is 12.8. The van der Waals surface area contributed by atoms with Crippen molar-refractivity contribution in [2.24, 2.45) is 5.92 Å². The molecular formula is C20H21N3OS. The molecule has 128 valence electrons. The lowest BCUT2D eigenvalue weighted by Gasteiger charge is -2.49. The molecule has 2 atom stereocenters. The Labute approximate surface area is 150 Å². The number of thiophene rings is 1. The molecule has 3 aliphatic heterocycles. The number of amides is 1. The molecule has 0 aliphatic carbocycles. The molecule has 5 heteroatoms. The molecule has 3 saturated heterocycles. The molecule has 5 heterocycles. The van der Waals surface area contributed by atoms with Crippen LogP contribution in [0.25, 0.3) is 20.2 Å². The maximum Gasteiger partial charge on any atom is 0.270 e. The van der Waals surface area contributed by atoms with Gasteiger partial charge in [0.1, 0.15) is 5.69 Å². The summed E-state index contributed by atoms with van der Waals surface area (Å²) >= 11 is 1.72. The van der Waals surface area contributed by atoms with E-state index in [0.717, 1.165) is 10.1 Å². The Balaban J connectivity index is 1.44. The number of benzene rings is 1. The number of carbonyl (C=O) groups is 1. The van der Waals surface area contributed by atoms with Gasteiger partial charge in [0.25, 0.3) is 5.91 Å². The zero-order chi connectivity index (χ0) is 17.0. The van der Waals surface area contributed by atoms with Crippen LogP contribution in [0.2, 0.25) is 0 Å². The average Bonchev–Trinajstić information content (AvgIpc) is 3.02. The summed E-state index contributed by atoms with van der Waals surface area (Å²) < 4.78 is 2.37. The quantitative estimate of drug-likeness (QED) is 0.766. The number of nitrogens with one attached hydrogen (secondary N) is 1. The predicted octanol–water partition coefficient (Wildman–Crippen LogP) is 3.66. The first kappa shape index (κ1) is 15.3. The number of hydrogen-bond donors (Lipinski definition) is 1. The zero-order valence-electron chi connectivity index (χ0n) is 14.2. The summed E-state index contributed by atoms with van der Waals surface area (Å²) in [6.45, 7) is 4.58. The van der Waals surface area contributed by atoms with Crippen LogP contribution in [-0.2, 0) is 0 Å². The Kier molecular flexibility index (Phi) is 3.54. The lowest BCUT2D eigenvalue weighted by atomic mass is 9.79. The van der Waals surface area contributed by atoms with E-state index in [1.54, 1.807) is 11.3 Å². The van der Waals surface area contributed by atoms with Crippen LogP contribution in [0.15, 0.2) is 36.5 Å². The van der Waals surface area contributed by atoms with E-state index in [1.165, 1.54) is 36.0 Å². The van der Waals surface area contributed by atoms with E-state index in [2.05, 4.69) is 34.3 Å². The van der Waals surface area contributed by atoms with Gasteiger partial charge >= 0.3 is 0 Å². The lowest BCUT2D eigenvalue weighted by molar-refractivity contribution is 0.0216. The fraction of sp³-hybridized carbons (Fsp3) is 0.400. The number of piperidine rings is 3. The van der Waals surface area contributed by atoms with E-state index in [-0.39, 0.29) is 11.9 Å². The molecule has 0 unspecified atom stereocenters. The summed E-state index contributed by atoms with van der Waals surface area (Å²) in [7, 11) is 0. The van der Waals surface area contributed by atoms with Gasteiger partial charge in [-0.15, -0.1) is 11.3 Å². The van der Waals surface area contributed by atoms with Gasteiger partial charge in [-0.3, -0.25) is 14.7 Å². The second-order valence-corrected chi connectivity index (χ2v) is 8.36. The van der Waals surface area contributed by atoms with E-state index in [9.17, 15) is 4.79 Å². The Morgan fingerprint density at radius 1 is 1.20 bits per heavy atom. The second kappa shape index (κ2) is 5.78. The number of nitrogens with zero attached hydrogens (tertiary/aromatic N) is 2. The first-order valence-electron chi connectivity index (χ1n) is 9.03. The summed E-state index contributed by atoms with van der Waals surface area (Å²) in [6, 6.07) is 10.9. The number of hydrogen-bond acceptors (Lipinski definition) is 4. The Hall–Kier alpha value is -1.98. The van der Waals surface area contributed by atoms with Gasteiger partial charge in [0, 0.05) is 38.5 Å². The molecule has 3 aromatic rings. The van der Waals surface area contributed by atoms with Crippen molar-refractivity contribution in [2.45, 2.75) is 31.8 Å². The van der Waals surface area contributed by atoms with Crippen molar-refractivity contribution >= 4 is 37.4 Å². The molecule has 3 aliphatic rings. The lowest BCUT2D eigenvalue weighted by Crippen LogP contribution is -2.62. The van der Waals surface area contributed by atoms with E-state index in [1.807, 2.05) is 24.4 Å². The molecule has 2 aromatic heterocycles. The van der Waals surface area contributed by atoms with Gasteiger partial charge in [0.05, 0.1) is 0 Å². The molecule has 0 radical (unpaired) electrons. The topological polar surface area (TPSA) is 45.2 Å². The fourth-order valence-corrected chi connectivity index (χ4v) is 5.63. The summed E-state index contributed by atoms with van der Waals surface area (Å²) in [5.74, 6) is 0.571. The van der Waals surface area contributed by atoms with Gasteiger partial charge in [0.2, 0.25) is 0 Å². The summed E-state index contributed by atoms with van der Waals surface area (Å²) in [4.78, 5) is 19.8. The van der Waals surface area contributed by atoms with E-state index >= 15 is 0 Å². The molecule has 1 aromatic carbocycles. The summed E-state index contributed by atoms with van der Waals surface area (Å²) in [5.41, 5.74) is 0.530. The van der Waals surface area contributed by atoms with Crippen LogP contribution in [0.4, 0.5) is 0 Å². The minimum atomic E-state index is -0.0371. The van der Waals surface area contributed by atoms with Crippen LogP contribution >= 0.6 is 11.3 Å². The molecule has 4 nitrogen and oxygen atoms in total. The number of fused-ring (bicyclic) bond motifs is 6. The first-order valence-corrected chi connectivity index (χ1v) is 9.84. The molecular weight excluding hydrogens is 330 g/mol. The van der Waals surface area contributed by atoms with E-state index < -0.39 is 0 Å². The zero-order valence-corrected chi connectivity index (χ0v) is 15.1. The third kappa shape index (κ3) is 2.45. The van der Waals surface area contributed by atoms with Gasteiger partial charge in [0.15, 0.2) is 0 Å². The van der Waals surface area contributed by atoms with Crippen LogP contribution < -0.4 is 5.32 Å². The van der Waals surface area contributed by atoms with Crippen molar-refractivity contribution in [1.29, 1.82) is 0 Å². The molecule has 2 bridgehead atoms. The van der Waals surface area contributed by atoms with Crippen molar-refractivity contribution in [3.05, 3.63) is 42.2 Å². The normalized spacial score (nSPS) is 28.5. The standard InChI is InChI=1S/C20H21N3OS/c1-12-19(13-6-8-23(12)9-7-13)22-20(24)16-10-18-15(11-21-16)14-4-2-3-5-17(14)25-18/h2-5,10-13,19H,6-9H2,1H3,(H,22,24)/t12-,19-/m0/s1. The maximum absolute atomic E-state index is 12.8. The Morgan fingerprint density at radius 3 is 2.80 bits per heavy atom. The highest BCUT2D eigenvalue weighted by Gasteiger charge is 2.40. The fourth-order valence-electron chi connectivity index (χ4n) is 4.52. The Bertz CT molecular complexity index is 956. The number of rotatable bonds is 2. The highest BCUT2D eigenvalue weighted by Crippen LogP contribution is 2.34. The van der Waals surface area contributed by atoms with Crippen LogP contribution in [0.1, 0.15) is 30.3 Å². The second-order valence-electron chi connectivity index (χ2n) is 7.28. The van der Waals surface area contributed by atoms with E-state index in [0.29, 0.717) is 17.7 Å². The minimum Gasteiger partial charge on any atom is -0.346 e.